The van der Waals surface area contributed by atoms with Crippen molar-refractivity contribution >= 4 is 17.5 Å². The number of carbonyl (C=O) groups is 2. The zero-order chi connectivity index (χ0) is 25.7. The van der Waals surface area contributed by atoms with Gasteiger partial charge in [-0.05, 0) is 67.3 Å². The maximum Gasteiger partial charge on any atom is 0.289 e. The number of fused-ring (bicyclic) bond motifs is 1. The van der Waals surface area contributed by atoms with Crippen molar-refractivity contribution < 1.29 is 9.59 Å². The molecular weight excluding hydrogens is 466 g/mol. The Morgan fingerprint density at radius 2 is 1.86 bits per heavy atom. The van der Waals surface area contributed by atoms with E-state index in [4.69, 9.17) is 0 Å². The predicted molar refractivity (Wildman–Crippen MR) is 139 cm³/mol. The van der Waals surface area contributed by atoms with Crippen molar-refractivity contribution in [2.45, 2.75) is 45.1 Å². The Labute approximate surface area is 214 Å². The molecule has 2 heterocycles. The summed E-state index contributed by atoms with van der Waals surface area (Å²) in [6.07, 6.45) is 4.33. The van der Waals surface area contributed by atoms with Gasteiger partial charge in [-0.3, -0.25) is 14.7 Å². The molecule has 188 valence electrons. The third-order valence-electron chi connectivity index (χ3n) is 7.87. The number of anilines is 1. The zero-order valence-corrected chi connectivity index (χ0v) is 21.1. The van der Waals surface area contributed by atoms with Gasteiger partial charge >= 0.3 is 0 Å². The van der Waals surface area contributed by atoms with E-state index in [9.17, 15) is 9.59 Å². The fourth-order valence-electron chi connectivity index (χ4n) is 5.92. The number of nitrogens with zero attached hydrogens (tertiary/aromatic N) is 4. The smallest absolute Gasteiger partial charge is 0.289 e. The molecule has 1 fully saturated rings. The maximum absolute atomic E-state index is 13.9. The van der Waals surface area contributed by atoms with Crippen molar-refractivity contribution in [1.82, 2.24) is 30.3 Å². The molecule has 37 heavy (non-hydrogen) atoms. The van der Waals surface area contributed by atoms with Gasteiger partial charge in [-0.15, -0.1) is 0 Å². The second kappa shape index (κ2) is 8.69. The second-order valence-electron chi connectivity index (χ2n) is 10.2. The van der Waals surface area contributed by atoms with Crippen molar-refractivity contribution in [3.8, 4) is 11.1 Å². The minimum absolute atomic E-state index is 0.000938. The summed E-state index contributed by atoms with van der Waals surface area (Å²) in [5.74, 6) is -0.603. The van der Waals surface area contributed by atoms with Crippen molar-refractivity contribution in [3.63, 3.8) is 0 Å². The third kappa shape index (κ3) is 4.00. The molecule has 0 aliphatic heterocycles. The first-order valence-electron chi connectivity index (χ1n) is 12.5. The first kappa shape index (κ1) is 23.1. The number of rotatable bonds is 6. The summed E-state index contributed by atoms with van der Waals surface area (Å²) in [4.78, 5) is 31.1. The molecule has 0 bridgehead atoms. The molecule has 2 aromatic carbocycles. The van der Waals surface area contributed by atoms with Gasteiger partial charge in [-0.25, -0.2) is 9.67 Å². The maximum atomic E-state index is 13.9. The molecule has 1 unspecified atom stereocenters. The third-order valence-corrected chi connectivity index (χ3v) is 7.87. The molecule has 1 saturated carbocycles. The zero-order valence-electron chi connectivity index (χ0n) is 21.1. The van der Waals surface area contributed by atoms with Crippen LogP contribution in [-0.4, -0.2) is 42.8 Å². The van der Waals surface area contributed by atoms with Gasteiger partial charge in [0.2, 0.25) is 11.7 Å². The van der Waals surface area contributed by atoms with Crippen molar-refractivity contribution in [2.24, 2.45) is 12.5 Å². The van der Waals surface area contributed by atoms with Crippen LogP contribution in [0.5, 0.6) is 0 Å². The van der Waals surface area contributed by atoms with Crippen LogP contribution in [-0.2, 0) is 18.3 Å². The molecule has 3 N–H and O–H groups in total. The van der Waals surface area contributed by atoms with E-state index in [0.29, 0.717) is 5.69 Å². The van der Waals surface area contributed by atoms with Crippen molar-refractivity contribution in [1.29, 1.82) is 0 Å². The summed E-state index contributed by atoms with van der Waals surface area (Å²) >= 11 is 0. The number of benzene rings is 2. The molecule has 6 rings (SSSR count). The summed E-state index contributed by atoms with van der Waals surface area (Å²) in [6.45, 7) is 3.95. The SMILES string of the molecule is Cc1n[nH]c(C)c1-c1ccc(NC(=O)[C@@H](NC(=O)c2ncnn2C)C2c3ccccc3CC23CC3)cc1. The summed E-state index contributed by atoms with van der Waals surface area (Å²) in [6, 6.07) is 15.2. The summed E-state index contributed by atoms with van der Waals surface area (Å²) in [7, 11) is 1.66. The van der Waals surface area contributed by atoms with Gasteiger partial charge in [0, 0.05) is 29.9 Å². The molecule has 2 aliphatic carbocycles. The molecule has 2 aliphatic rings. The van der Waals surface area contributed by atoms with Gasteiger partial charge in [0.1, 0.15) is 12.4 Å². The standard InChI is InChI=1S/C28H29N7O2/c1-16-22(17(2)34-33-16)18-8-10-20(11-9-18)31-26(36)24(32-27(37)25-29-15-30-35(25)3)23-21-7-5-4-6-19(21)14-28(23)12-13-28/h4-11,15,23-24H,12-14H2,1-3H3,(H,31,36)(H,32,37)(H,33,34)/t23?,24-/m0/s1. The Bertz CT molecular complexity index is 1480. The van der Waals surface area contributed by atoms with E-state index >= 15 is 0 Å². The lowest BCUT2D eigenvalue weighted by Gasteiger charge is -2.29. The van der Waals surface area contributed by atoms with Crippen molar-refractivity contribution in [2.75, 3.05) is 5.32 Å². The number of hydrogen-bond acceptors (Lipinski definition) is 5. The molecular formula is C28H29N7O2. The molecule has 0 radical (unpaired) electrons. The second-order valence-corrected chi connectivity index (χ2v) is 10.2. The summed E-state index contributed by atoms with van der Waals surface area (Å²) < 4.78 is 1.42. The first-order chi connectivity index (χ1) is 17.9. The highest BCUT2D eigenvalue weighted by Crippen LogP contribution is 2.64. The summed E-state index contributed by atoms with van der Waals surface area (Å²) in [5, 5.41) is 17.4. The van der Waals surface area contributed by atoms with E-state index in [1.807, 2.05) is 50.2 Å². The summed E-state index contributed by atoms with van der Waals surface area (Å²) in [5.41, 5.74) is 7.07. The highest BCUT2D eigenvalue weighted by Gasteiger charge is 2.58. The Hall–Kier alpha value is -4.27. The van der Waals surface area contributed by atoms with Gasteiger partial charge in [-0.2, -0.15) is 10.2 Å². The van der Waals surface area contributed by atoms with E-state index in [2.05, 4.69) is 43.0 Å². The topological polar surface area (TPSA) is 118 Å². The van der Waals surface area contributed by atoms with Crippen LogP contribution in [0.3, 0.4) is 0 Å². The molecule has 2 aromatic heterocycles. The predicted octanol–water partition coefficient (Wildman–Crippen LogP) is 3.68. The highest BCUT2D eigenvalue weighted by molar-refractivity contribution is 6.01. The van der Waals surface area contributed by atoms with Crippen LogP contribution in [0, 0.1) is 19.3 Å². The Kier molecular flexibility index (Phi) is 5.43. The van der Waals surface area contributed by atoms with E-state index in [1.165, 1.54) is 16.6 Å². The van der Waals surface area contributed by atoms with Crippen LogP contribution >= 0.6 is 0 Å². The lowest BCUT2D eigenvalue weighted by molar-refractivity contribution is -0.118. The van der Waals surface area contributed by atoms with E-state index in [0.717, 1.165) is 47.3 Å². The molecule has 1 spiro atoms. The van der Waals surface area contributed by atoms with Crippen LogP contribution in [0.1, 0.15) is 51.9 Å². The number of H-pyrrole nitrogens is 1. The molecule has 9 heteroatoms. The average Bonchev–Trinajstić information content (AvgIpc) is 3.21. The minimum atomic E-state index is -0.756. The van der Waals surface area contributed by atoms with Gasteiger partial charge in [0.05, 0.1) is 5.69 Å². The normalized spacial score (nSPS) is 17.9. The Morgan fingerprint density at radius 1 is 1.11 bits per heavy atom. The fraction of sp³-hybridized carbons (Fsp3) is 0.321. The van der Waals surface area contributed by atoms with E-state index < -0.39 is 11.9 Å². The van der Waals surface area contributed by atoms with Crippen molar-refractivity contribution in [3.05, 3.63) is 83.2 Å². The molecule has 9 nitrogen and oxygen atoms in total. The van der Waals surface area contributed by atoms with Crippen LogP contribution in [0.15, 0.2) is 54.9 Å². The molecule has 0 saturated heterocycles. The molecule has 4 aromatic rings. The number of aromatic nitrogens is 5. The highest BCUT2D eigenvalue weighted by atomic mass is 16.2. The Balaban J connectivity index is 1.31. The van der Waals surface area contributed by atoms with E-state index in [-0.39, 0.29) is 23.1 Å². The number of aryl methyl sites for hydroxylation is 3. The van der Waals surface area contributed by atoms with Gasteiger partial charge in [0.15, 0.2) is 0 Å². The van der Waals surface area contributed by atoms with Gasteiger partial charge in [0.25, 0.3) is 5.91 Å². The van der Waals surface area contributed by atoms with Crippen LogP contribution < -0.4 is 10.6 Å². The Morgan fingerprint density at radius 3 is 2.51 bits per heavy atom. The number of aromatic amines is 1. The number of amides is 2. The number of nitrogens with one attached hydrogen (secondary N) is 3. The van der Waals surface area contributed by atoms with Crippen LogP contribution in [0.4, 0.5) is 5.69 Å². The molecule has 2 atom stereocenters. The fourth-order valence-corrected chi connectivity index (χ4v) is 5.92. The van der Waals surface area contributed by atoms with Crippen LogP contribution in [0.25, 0.3) is 11.1 Å². The monoisotopic (exact) mass is 495 g/mol. The lowest BCUT2D eigenvalue weighted by Crippen LogP contribution is -2.49. The molecule has 2 amide bonds. The first-order valence-corrected chi connectivity index (χ1v) is 12.5. The largest absolute Gasteiger partial charge is 0.337 e. The average molecular weight is 496 g/mol. The lowest BCUT2D eigenvalue weighted by atomic mass is 9.82. The van der Waals surface area contributed by atoms with Gasteiger partial charge in [-0.1, -0.05) is 36.4 Å². The van der Waals surface area contributed by atoms with Crippen LogP contribution in [0.2, 0.25) is 0 Å². The number of carbonyl (C=O) groups excluding carboxylic acids is 2. The van der Waals surface area contributed by atoms with E-state index in [1.54, 1.807) is 7.05 Å². The minimum Gasteiger partial charge on any atom is -0.337 e. The number of hydrogen-bond donors (Lipinski definition) is 3. The quantitative estimate of drug-likeness (QED) is 0.377. The van der Waals surface area contributed by atoms with Gasteiger partial charge < -0.3 is 10.6 Å².